The third-order valence-electron chi connectivity index (χ3n) is 3.31. The summed E-state index contributed by atoms with van der Waals surface area (Å²) in [6, 6.07) is 10.2. The molecule has 1 saturated heterocycles. The molecule has 94 valence electrons. The number of ether oxygens (including phenoxy) is 1. The highest BCUT2D eigenvalue weighted by atomic mass is 16.5. The van der Waals surface area contributed by atoms with E-state index in [0.29, 0.717) is 0 Å². The van der Waals surface area contributed by atoms with Crippen LogP contribution in [0.1, 0.15) is 12.0 Å². The van der Waals surface area contributed by atoms with E-state index >= 15 is 0 Å². The maximum Gasteiger partial charge on any atom is 0.214 e. The highest BCUT2D eigenvalue weighted by Gasteiger charge is 2.15. The molecule has 0 amide bonds. The Labute approximate surface area is 107 Å². The number of fused-ring (bicyclic) bond motifs is 1. The molecule has 3 heteroatoms. The number of hydrogen-bond acceptors (Lipinski definition) is 3. The summed E-state index contributed by atoms with van der Waals surface area (Å²) in [5.41, 5.74) is 2.24. The van der Waals surface area contributed by atoms with E-state index in [1.54, 1.807) is 0 Å². The molecule has 0 atom stereocenters. The first-order chi connectivity index (χ1) is 8.83. The monoisotopic (exact) mass is 242 g/mol. The summed E-state index contributed by atoms with van der Waals surface area (Å²) in [6.07, 6.45) is 1.08. The van der Waals surface area contributed by atoms with Gasteiger partial charge in [0.1, 0.15) is 0 Å². The van der Waals surface area contributed by atoms with Crippen molar-refractivity contribution in [3.63, 3.8) is 0 Å². The molecule has 0 bridgehead atoms. The van der Waals surface area contributed by atoms with E-state index in [0.717, 1.165) is 31.0 Å². The lowest BCUT2D eigenvalue weighted by atomic mass is 10.1. The summed E-state index contributed by atoms with van der Waals surface area (Å²) >= 11 is 0. The maximum absolute atomic E-state index is 5.74. The Hall–Kier alpha value is -1.61. The topological polar surface area (TPSA) is 25.1 Å². The number of para-hydroxylation sites is 1. The molecule has 0 spiro atoms. The van der Waals surface area contributed by atoms with E-state index in [4.69, 9.17) is 4.74 Å². The first-order valence-electron chi connectivity index (χ1n) is 6.54. The van der Waals surface area contributed by atoms with Gasteiger partial charge in [0, 0.05) is 31.1 Å². The average Bonchev–Trinajstić information content (AvgIpc) is 3.19. The Balaban J connectivity index is 1.67. The first kappa shape index (κ1) is 11.5. The number of nitrogens with zero attached hydrogens (tertiary/aromatic N) is 2. The molecular weight excluding hydrogens is 224 g/mol. The summed E-state index contributed by atoms with van der Waals surface area (Å²) in [5.74, 6) is 0.747. The van der Waals surface area contributed by atoms with Crippen LogP contribution in [0.2, 0.25) is 0 Å². The van der Waals surface area contributed by atoms with Gasteiger partial charge in [-0.05, 0) is 25.0 Å². The molecule has 1 aromatic carbocycles. The maximum atomic E-state index is 5.74. The van der Waals surface area contributed by atoms with Gasteiger partial charge in [-0.3, -0.25) is 0 Å². The highest BCUT2D eigenvalue weighted by Crippen LogP contribution is 2.21. The van der Waals surface area contributed by atoms with E-state index in [1.807, 2.05) is 24.3 Å². The minimum atomic E-state index is 0.747. The van der Waals surface area contributed by atoms with Crippen LogP contribution in [0, 0.1) is 6.92 Å². The smallest absolute Gasteiger partial charge is 0.214 e. The first-order valence-corrected chi connectivity index (χ1v) is 6.54. The largest absolute Gasteiger partial charge is 0.478 e. The molecule has 0 unspecified atom stereocenters. The summed E-state index contributed by atoms with van der Waals surface area (Å²) in [7, 11) is 0. The van der Waals surface area contributed by atoms with Crippen molar-refractivity contribution < 1.29 is 4.74 Å². The van der Waals surface area contributed by atoms with Crippen LogP contribution in [-0.4, -0.2) is 36.1 Å². The molecule has 0 saturated carbocycles. The number of pyridine rings is 1. The van der Waals surface area contributed by atoms with Gasteiger partial charge >= 0.3 is 0 Å². The molecule has 18 heavy (non-hydrogen) atoms. The van der Waals surface area contributed by atoms with Crippen LogP contribution in [0.5, 0.6) is 5.88 Å². The van der Waals surface area contributed by atoms with Gasteiger partial charge in [0.15, 0.2) is 0 Å². The van der Waals surface area contributed by atoms with Crippen molar-refractivity contribution in [2.24, 2.45) is 0 Å². The van der Waals surface area contributed by atoms with Crippen molar-refractivity contribution in [2.75, 3.05) is 26.2 Å². The van der Waals surface area contributed by atoms with Gasteiger partial charge < -0.3 is 9.64 Å². The molecular formula is C15H18N2O. The van der Waals surface area contributed by atoms with Gasteiger partial charge in [-0.25, -0.2) is 4.98 Å². The Bertz CT molecular complexity index is 549. The molecule has 0 aliphatic carbocycles. The number of benzene rings is 1. The van der Waals surface area contributed by atoms with Crippen LogP contribution >= 0.6 is 0 Å². The van der Waals surface area contributed by atoms with Crippen molar-refractivity contribution in [3.05, 3.63) is 35.9 Å². The minimum Gasteiger partial charge on any atom is -0.478 e. The zero-order chi connectivity index (χ0) is 12.4. The lowest BCUT2D eigenvalue weighted by Gasteiger charge is -2.08. The molecule has 2 aromatic rings. The molecule has 1 aromatic heterocycles. The predicted octanol–water partition coefficient (Wildman–Crippen LogP) is 2.63. The predicted molar refractivity (Wildman–Crippen MR) is 73.0 cm³/mol. The standard InChI is InChI=1S/C15H18N2O/c1-12-11-15(18-10-4-7-17-8-9-17)16-14-6-3-2-5-13(12)14/h2-3,5-6,11H,4,7-10H2,1H3. The van der Waals surface area contributed by atoms with E-state index in [2.05, 4.69) is 22.9 Å². The second-order valence-corrected chi connectivity index (χ2v) is 4.84. The lowest BCUT2D eigenvalue weighted by Crippen LogP contribution is -2.06. The minimum absolute atomic E-state index is 0.747. The Morgan fingerprint density at radius 1 is 1.28 bits per heavy atom. The average molecular weight is 242 g/mol. The number of aromatic nitrogens is 1. The van der Waals surface area contributed by atoms with Crippen molar-refractivity contribution in [1.82, 2.24) is 9.88 Å². The van der Waals surface area contributed by atoms with E-state index in [1.165, 1.54) is 24.0 Å². The van der Waals surface area contributed by atoms with Crippen molar-refractivity contribution in [3.8, 4) is 5.88 Å². The molecule has 3 rings (SSSR count). The third-order valence-corrected chi connectivity index (χ3v) is 3.31. The lowest BCUT2D eigenvalue weighted by molar-refractivity contribution is 0.289. The quantitative estimate of drug-likeness (QED) is 0.595. The zero-order valence-electron chi connectivity index (χ0n) is 10.7. The molecule has 2 heterocycles. The Morgan fingerprint density at radius 2 is 2.11 bits per heavy atom. The highest BCUT2D eigenvalue weighted by molar-refractivity contribution is 5.82. The van der Waals surface area contributed by atoms with Gasteiger partial charge in [0.2, 0.25) is 5.88 Å². The van der Waals surface area contributed by atoms with Gasteiger partial charge in [-0.1, -0.05) is 18.2 Å². The van der Waals surface area contributed by atoms with E-state index < -0.39 is 0 Å². The van der Waals surface area contributed by atoms with E-state index in [-0.39, 0.29) is 0 Å². The third kappa shape index (κ3) is 2.62. The van der Waals surface area contributed by atoms with Crippen molar-refractivity contribution in [2.45, 2.75) is 13.3 Å². The normalized spacial score (nSPS) is 14.9. The summed E-state index contributed by atoms with van der Waals surface area (Å²) in [6.45, 7) is 6.52. The van der Waals surface area contributed by atoms with Gasteiger partial charge in [-0.2, -0.15) is 0 Å². The van der Waals surface area contributed by atoms with Crippen LogP contribution < -0.4 is 4.74 Å². The zero-order valence-corrected chi connectivity index (χ0v) is 10.7. The number of hydrogen-bond donors (Lipinski definition) is 0. The second-order valence-electron chi connectivity index (χ2n) is 4.84. The van der Waals surface area contributed by atoms with Crippen molar-refractivity contribution >= 4 is 10.9 Å². The molecule has 3 nitrogen and oxygen atoms in total. The van der Waals surface area contributed by atoms with Crippen LogP contribution in [0.3, 0.4) is 0 Å². The second kappa shape index (κ2) is 4.94. The van der Waals surface area contributed by atoms with E-state index in [9.17, 15) is 0 Å². The number of aryl methyl sites for hydroxylation is 1. The Kier molecular flexibility index (Phi) is 3.15. The summed E-state index contributed by atoms with van der Waals surface area (Å²) in [5, 5.41) is 1.20. The summed E-state index contributed by atoms with van der Waals surface area (Å²) < 4.78 is 5.74. The van der Waals surface area contributed by atoms with Gasteiger partial charge in [0.25, 0.3) is 0 Å². The number of rotatable bonds is 5. The molecule has 1 aliphatic heterocycles. The molecule has 0 radical (unpaired) electrons. The van der Waals surface area contributed by atoms with Crippen molar-refractivity contribution in [1.29, 1.82) is 0 Å². The molecule has 0 N–H and O–H groups in total. The van der Waals surface area contributed by atoms with Gasteiger partial charge in [-0.15, -0.1) is 0 Å². The SMILES string of the molecule is Cc1cc(OCCCN2CC2)nc2ccccc12. The Morgan fingerprint density at radius 3 is 2.94 bits per heavy atom. The fourth-order valence-corrected chi connectivity index (χ4v) is 2.15. The van der Waals surface area contributed by atoms with Crippen LogP contribution in [0.15, 0.2) is 30.3 Å². The van der Waals surface area contributed by atoms with Gasteiger partial charge in [0.05, 0.1) is 12.1 Å². The molecule has 1 fully saturated rings. The fourth-order valence-electron chi connectivity index (χ4n) is 2.15. The fraction of sp³-hybridized carbons (Fsp3) is 0.400. The van der Waals surface area contributed by atoms with Crippen LogP contribution in [-0.2, 0) is 0 Å². The molecule has 1 aliphatic rings. The van der Waals surface area contributed by atoms with Crippen LogP contribution in [0.4, 0.5) is 0 Å². The van der Waals surface area contributed by atoms with Crippen LogP contribution in [0.25, 0.3) is 10.9 Å². The summed E-state index contributed by atoms with van der Waals surface area (Å²) in [4.78, 5) is 6.94.